The van der Waals surface area contributed by atoms with E-state index in [2.05, 4.69) is 36.6 Å². The molecule has 0 saturated heterocycles. The number of nitrogens with two attached hydrogens (primary N) is 1. The van der Waals surface area contributed by atoms with Crippen LogP contribution in [0.1, 0.15) is 28.7 Å². The fraction of sp³-hybridized carbons (Fsp3) is 0.286. The smallest absolute Gasteiger partial charge is 0.122 e. The van der Waals surface area contributed by atoms with E-state index in [1.807, 2.05) is 19.1 Å². The van der Waals surface area contributed by atoms with Gasteiger partial charge in [0.2, 0.25) is 0 Å². The summed E-state index contributed by atoms with van der Waals surface area (Å²) >= 11 is 0. The normalized spacial score (nSPS) is 12.6. The SMILES string of the molecule is Cc1cccc(CC(NN)c2ccc(C)o2)c1. The topological polar surface area (TPSA) is 51.2 Å². The van der Waals surface area contributed by atoms with Crippen molar-refractivity contribution >= 4 is 0 Å². The summed E-state index contributed by atoms with van der Waals surface area (Å²) in [7, 11) is 0. The van der Waals surface area contributed by atoms with E-state index in [9.17, 15) is 0 Å². The zero-order valence-corrected chi connectivity index (χ0v) is 10.2. The summed E-state index contributed by atoms with van der Waals surface area (Å²) in [6.07, 6.45) is 0.825. The van der Waals surface area contributed by atoms with Gasteiger partial charge in [-0.25, -0.2) is 5.43 Å². The van der Waals surface area contributed by atoms with Crippen molar-refractivity contribution in [1.29, 1.82) is 0 Å². The van der Waals surface area contributed by atoms with Gasteiger partial charge in [-0.2, -0.15) is 0 Å². The molecule has 2 aromatic rings. The highest BCUT2D eigenvalue weighted by molar-refractivity contribution is 5.24. The van der Waals surface area contributed by atoms with Crippen LogP contribution >= 0.6 is 0 Å². The molecule has 0 bridgehead atoms. The maximum Gasteiger partial charge on any atom is 0.122 e. The molecule has 3 heteroatoms. The molecule has 0 aliphatic heterocycles. The minimum Gasteiger partial charge on any atom is -0.465 e. The summed E-state index contributed by atoms with van der Waals surface area (Å²) in [4.78, 5) is 0. The number of aryl methyl sites for hydroxylation is 2. The van der Waals surface area contributed by atoms with E-state index in [1.165, 1.54) is 11.1 Å². The van der Waals surface area contributed by atoms with Crippen molar-refractivity contribution in [3.05, 3.63) is 59.0 Å². The molecule has 3 N–H and O–H groups in total. The first-order valence-electron chi connectivity index (χ1n) is 5.77. The van der Waals surface area contributed by atoms with E-state index in [-0.39, 0.29) is 6.04 Å². The molecule has 17 heavy (non-hydrogen) atoms. The third-order valence-corrected chi connectivity index (χ3v) is 2.83. The van der Waals surface area contributed by atoms with Crippen LogP contribution in [-0.2, 0) is 6.42 Å². The number of nitrogens with one attached hydrogen (secondary N) is 1. The molecule has 0 aliphatic carbocycles. The number of hydrogen-bond acceptors (Lipinski definition) is 3. The van der Waals surface area contributed by atoms with Gasteiger partial charge in [0.05, 0.1) is 6.04 Å². The molecule has 0 spiro atoms. The number of hydrogen-bond donors (Lipinski definition) is 2. The largest absolute Gasteiger partial charge is 0.465 e. The monoisotopic (exact) mass is 230 g/mol. The molecule has 0 saturated carbocycles. The van der Waals surface area contributed by atoms with Gasteiger partial charge in [-0.1, -0.05) is 29.8 Å². The Kier molecular flexibility index (Phi) is 3.61. The molecule has 2 rings (SSSR count). The average Bonchev–Trinajstić information content (AvgIpc) is 2.73. The van der Waals surface area contributed by atoms with Gasteiger partial charge in [0.1, 0.15) is 11.5 Å². The van der Waals surface area contributed by atoms with Gasteiger partial charge in [-0.3, -0.25) is 5.84 Å². The first-order chi connectivity index (χ1) is 8.19. The Hall–Kier alpha value is -1.58. The van der Waals surface area contributed by atoms with Crippen molar-refractivity contribution < 1.29 is 4.42 Å². The molecule has 1 aromatic carbocycles. The van der Waals surface area contributed by atoms with E-state index >= 15 is 0 Å². The minimum absolute atomic E-state index is 0.0190. The molecule has 1 heterocycles. The van der Waals surface area contributed by atoms with Crippen molar-refractivity contribution in [3.63, 3.8) is 0 Å². The summed E-state index contributed by atoms with van der Waals surface area (Å²) in [5.74, 6) is 7.38. The number of furan rings is 1. The fourth-order valence-corrected chi connectivity index (χ4v) is 1.96. The van der Waals surface area contributed by atoms with Crippen LogP contribution in [0.3, 0.4) is 0 Å². The third kappa shape index (κ3) is 2.96. The minimum atomic E-state index is 0.0190. The average molecular weight is 230 g/mol. The third-order valence-electron chi connectivity index (χ3n) is 2.83. The van der Waals surface area contributed by atoms with Crippen LogP contribution in [0.5, 0.6) is 0 Å². The van der Waals surface area contributed by atoms with Gasteiger partial charge in [0, 0.05) is 0 Å². The van der Waals surface area contributed by atoms with Crippen molar-refractivity contribution in [2.75, 3.05) is 0 Å². The van der Waals surface area contributed by atoms with Crippen LogP contribution in [-0.4, -0.2) is 0 Å². The van der Waals surface area contributed by atoms with E-state index in [4.69, 9.17) is 10.3 Å². The van der Waals surface area contributed by atoms with E-state index in [0.29, 0.717) is 0 Å². The van der Waals surface area contributed by atoms with Crippen LogP contribution in [0, 0.1) is 13.8 Å². The van der Waals surface area contributed by atoms with E-state index in [0.717, 1.165) is 17.9 Å². The van der Waals surface area contributed by atoms with Crippen molar-refractivity contribution in [2.45, 2.75) is 26.3 Å². The van der Waals surface area contributed by atoms with Gasteiger partial charge in [-0.15, -0.1) is 0 Å². The van der Waals surface area contributed by atoms with Crippen LogP contribution in [0.2, 0.25) is 0 Å². The molecule has 0 radical (unpaired) electrons. The zero-order chi connectivity index (χ0) is 12.3. The van der Waals surface area contributed by atoms with Gasteiger partial charge >= 0.3 is 0 Å². The van der Waals surface area contributed by atoms with Crippen LogP contribution in [0.25, 0.3) is 0 Å². The van der Waals surface area contributed by atoms with Crippen LogP contribution in [0.15, 0.2) is 40.8 Å². The Morgan fingerprint density at radius 3 is 2.65 bits per heavy atom. The molecule has 1 unspecified atom stereocenters. The maximum atomic E-state index is 5.60. The lowest BCUT2D eigenvalue weighted by molar-refractivity contribution is 0.403. The Balaban J connectivity index is 2.15. The molecule has 0 amide bonds. The highest BCUT2D eigenvalue weighted by Crippen LogP contribution is 2.20. The Morgan fingerprint density at radius 2 is 2.06 bits per heavy atom. The van der Waals surface area contributed by atoms with Crippen LogP contribution in [0.4, 0.5) is 0 Å². The molecule has 0 aliphatic rings. The molecule has 0 fully saturated rings. The van der Waals surface area contributed by atoms with Gasteiger partial charge in [-0.05, 0) is 38.0 Å². The lowest BCUT2D eigenvalue weighted by Gasteiger charge is -2.13. The van der Waals surface area contributed by atoms with Crippen molar-refractivity contribution in [3.8, 4) is 0 Å². The lowest BCUT2D eigenvalue weighted by Crippen LogP contribution is -2.29. The summed E-state index contributed by atoms with van der Waals surface area (Å²) in [5, 5.41) is 0. The van der Waals surface area contributed by atoms with Gasteiger partial charge in [0.15, 0.2) is 0 Å². The summed E-state index contributed by atoms with van der Waals surface area (Å²) in [6, 6.07) is 12.4. The van der Waals surface area contributed by atoms with Crippen molar-refractivity contribution in [1.82, 2.24) is 5.43 Å². The molecule has 1 atom stereocenters. The summed E-state index contributed by atoms with van der Waals surface area (Å²) in [6.45, 7) is 4.02. The number of benzene rings is 1. The second kappa shape index (κ2) is 5.17. The van der Waals surface area contributed by atoms with Gasteiger partial charge < -0.3 is 4.42 Å². The van der Waals surface area contributed by atoms with Gasteiger partial charge in [0.25, 0.3) is 0 Å². The molecular weight excluding hydrogens is 212 g/mol. The van der Waals surface area contributed by atoms with E-state index in [1.54, 1.807) is 0 Å². The summed E-state index contributed by atoms with van der Waals surface area (Å²) < 4.78 is 5.60. The van der Waals surface area contributed by atoms with Crippen molar-refractivity contribution in [2.24, 2.45) is 5.84 Å². The molecule has 90 valence electrons. The van der Waals surface area contributed by atoms with Crippen LogP contribution < -0.4 is 11.3 Å². The Labute approximate surface area is 102 Å². The second-order valence-corrected chi connectivity index (χ2v) is 4.36. The highest BCUT2D eigenvalue weighted by Gasteiger charge is 2.14. The summed E-state index contributed by atoms with van der Waals surface area (Å²) in [5.41, 5.74) is 5.32. The quantitative estimate of drug-likeness (QED) is 0.627. The molecular formula is C14H18N2O. The number of rotatable bonds is 4. The first kappa shape index (κ1) is 11.9. The maximum absolute atomic E-state index is 5.60. The van der Waals surface area contributed by atoms with E-state index < -0.39 is 0 Å². The predicted molar refractivity (Wildman–Crippen MR) is 68.4 cm³/mol. The predicted octanol–water partition coefficient (Wildman–Crippen LogP) is 2.64. The number of hydrazine groups is 1. The lowest BCUT2D eigenvalue weighted by atomic mass is 10.0. The zero-order valence-electron chi connectivity index (χ0n) is 10.2. The molecule has 1 aromatic heterocycles. The standard InChI is InChI=1S/C14H18N2O/c1-10-4-3-5-12(8-10)9-13(16-15)14-7-6-11(2)17-14/h3-8,13,16H,9,15H2,1-2H3. The highest BCUT2D eigenvalue weighted by atomic mass is 16.3. The first-order valence-corrected chi connectivity index (χ1v) is 5.77. The fourth-order valence-electron chi connectivity index (χ4n) is 1.96. The second-order valence-electron chi connectivity index (χ2n) is 4.36. The Bertz CT molecular complexity index is 490. The molecule has 3 nitrogen and oxygen atoms in total. The Morgan fingerprint density at radius 1 is 1.24 bits per heavy atom.